The summed E-state index contributed by atoms with van der Waals surface area (Å²) < 4.78 is 0. The fourth-order valence-corrected chi connectivity index (χ4v) is 4.07. The van der Waals surface area contributed by atoms with Crippen molar-refractivity contribution in [2.45, 2.75) is 19.8 Å². The van der Waals surface area contributed by atoms with E-state index in [1.807, 2.05) is 18.2 Å². The van der Waals surface area contributed by atoms with Crippen molar-refractivity contribution in [2.75, 3.05) is 31.1 Å². The number of aryl methyl sites for hydroxylation is 1. The van der Waals surface area contributed by atoms with Gasteiger partial charge in [0.1, 0.15) is 0 Å². The molecule has 2 heterocycles. The number of carbonyl (C=O) groups excluding carboxylic acids is 1. The third-order valence-corrected chi connectivity index (χ3v) is 5.76. The summed E-state index contributed by atoms with van der Waals surface area (Å²) in [6.07, 6.45) is 1.97. The molecule has 1 aliphatic heterocycles. The summed E-state index contributed by atoms with van der Waals surface area (Å²) in [5.74, 6) is 0.474. The van der Waals surface area contributed by atoms with E-state index in [-0.39, 0.29) is 6.03 Å². The number of nitrogens with one attached hydrogen (secondary N) is 2. The Morgan fingerprint density at radius 2 is 2.24 bits per heavy atom. The summed E-state index contributed by atoms with van der Waals surface area (Å²) in [5, 5.41) is 8.76. The number of anilines is 1. The predicted octanol–water partition coefficient (Wildman–Crippen LogP) is 4.08. The van der Waals surface area contributed by atoms with Gasteiger partial charge >= 0.3 is 6.03 Å². The Morgan fingerprint density at radius 3 is 3.04 bits per heavy atom. The van der Waals surface area contributed by atoms with Crippen LogP contribution >= 0.6 is 22.9 Å². The van der Waals surface area contributed by atoms with Crippen LogP contribution in [-0.2, 0) is 6.42 Å². The average Bonchev–Trinajstić information content (AvgIpc) is 3.27. The summed E-state index contributed by atoms with van der Waals surface area (Å²) in [5.41, 5.74) is 2.44. The van der Waals surface area contributed by atoms with Crippen molar-refractivity contribution in [1.29, 1.82) is 0 Å². The molecule has 2 aromatic rings. The predicted molar refractivity (Wildman–Crippen MR) is 106 cm³/mol. The lowest BCUT2D eigenvalue weighted by Gasteiger charge is -2.21. The van der Waals surface area contributed by atoms with Gasteiger partial charge in [-0.25, -0.2) is 4.79 Å². The number of hydrogen-bond donors (Lipinski definition) is 2. The van der Waals surface area contributed by atoms with E-state index in [4.69, 9.17) is 11.6 Å². The maximum atomic E-state index is 11.9. The second-order valence-electron chi connectivity index (χ2n) is 6.50. The summed E-state index contributed by atoms with van der Waals surface area (Å²) in [7, 11) is 0. The van der Waals surface area contributed by atoms with Crippen LogP contribution in [0, 0.1) is 12.8 Å². The van der Waals surface area contributed by atoms with Gasteiger partial charge in [0.2, 0.25) is 0 Å². The summed E-state index contributed by atoms with van der Waals surface area (Å²) in [6, 6.07) is 10.1. The Kier molecular flexibility index (Phi) is 6.21. The highest BCUT2D eigenvalue weighted by Gasteiger charge is 2.24. The van der Waals surface area contributed by atoms with Gasteiger partial charge in [0.25, 0.3) is 0 Å². The molecular weight excluding hydrogens is 354 g/mol. The van der Waals surface area contributed by atoms with E-state index in [0.717, 1.165) is 31.0 Å². The summed E-state index contributed by atoms with van der Waals surface area (Å²) in [4.78, 5) is 15.6. The second-order valence-corrected chi connectivity index (χ2v) is 7.97. The molecular formula is C19H24ClN3OS. The van der Waals surface area contributed by atoms with Gasteiger partial charge in [0.15, 0.2) is 0 Å². The maximum Gasteiger partial charge on any atom is 0.314 e. The number of benzene rings is 1. The molecule has 0 saturated carbocycles. The van der Waals surface area contributed by atoms with Crippen LogP contribution in [0.5, 0.6) is 0 Å². The molecule has 2 N–H and O–H groups in total. The van der Waals surface area contributed by atoms with Crippen molar-refractivity contribution < 1.29 is 4.79 Å². The Labute approximate surface area is 158 Å². The highest BCUT2D eigenvalue weighted by atomic mass is 35.5. The van der Waals surface area contributed by atoms with Gasteiger partial charge in [-0.2, -0.15) is 0 Å². The van der Waals surface area contributed by atoms with E-state index < -0.39 is 0 Å². The molecule has 1 atom stereocenters. The van der Waals surface area contributed by atoms with Crippen molar-refractivity contribution in [3.05, 3.63) is 51.2 Å². The van der Waals surface area contributed by atoms with Crippen LogP contribution in [0.25, 0.3) is 0 Å². The minimum atomic E-state index is -0.0751. The molecule has 0 spiro atoms. The molecule has 2 amide bonds. The van der Waals surface area contributed by atoms with Crippen LogP contribution in [0.2, 0.25) is 5.02 Å². The molecule has 1 unspecified atom stereocenters. The SMILES string of the molecule is Cc1ccc(Cl)cc1N1CCC(CNC(=O)NCCc2cccs2)C1. The van der Waals surface area contributed by atoms with Crippen molar-refractivity contribution in [3.63, 3.8) is 0 Å². The summed E-state index contributed by atoms with van der Waals surface area (Å²) in [6.45, 7) is 5.45. The van der Waals surface area contributed by atoms with Crippen molar-refractivity contribution in [2.24, 2.45) is 5.92 Å². The lowest BCUT2D eigenvalue weighted by atomic mass is 10.1. The van der Waals surface area contributed by atoms with Crippen molar-refractivity contribution in [1.82, 2.24) is 10.6 Å². The molecule has 1 saturated heterocycles. The highest BCUT2D eigenvalue weighted by molar-refractivity contribution is 7.09. The Balaban J connectivity index is 1.39. The number of urea groups is 1. The van der Waals surface area contributed by atoms with E-state index >= 15 is 0 Å². The van der Waals surface area contributed by atoms with Gasteiger partial charge in [-0.15, -0.1) is 11.3 Å². The fourth-order valence-electron chi connectivity index (χ4n) is 3.19. The fraction of sp³-hybridized carbons (Fsp3) is 0.421. The van der Waals surface area contributed by atoms with Crippen molar-refractivity contribution in [3.8, 4) is 0 Å². The van der Waals surface area contributed by atoms with E-state index in [2.05, 4.69) is 40.0 Å². The van der Waals surface area contributed by atoms with Crippen LogP contribution in [0.15, 0.2) is 35.7 Å². The van der Waals surface area contributed by atoms with E-state index in [0.29, 0.717) is 19.0 Å². The molecule has 0 radical (unpaired) electrons. The standard InChI is InChI=1S/C19H24ClN3OS/c1-14-4-5-16(20)11-18(14)23-9-7-15(13-23)12-22-19(24)21-8-6-17-3-2-10-25-17/h2-5,10-11,15H,6-9,12-13H2,1H3,(H2,21,22,24). The molecule has 3 rings (SSSR count). The molecule has 4 nitrogen and oxygen atoms in total. The van der Waals surface area contributed by atoms with Crippen LogP contribution in [0.1, 0.15) is 16.9 Å². The van der Waals surface area contributed by atoms with Gasteiger partial charge in [0, 0.05) is 41.8 Å². The van der Waals surface area contributed by atoms with Gasteiger partial charge < -0.3 is 15.5 Å². The maximum absolute atomic E-state index is 11.9. The number of nitrogens with zero attached hydrogens (tertiary/aromatic N) is 1. The van der Waals surface area contributed by atoms with Crippen LogP contribution in [0.4, 0.5) is 10.5 Å². The first-order chi connectivity index (χ1) is 12.1. The van der Waals surface area contributed by atoms with E-state index in [9.17, 15) is 4.79 Å². The molecule has 1 aromatic carbocycles. The first-order valence-electron chi connectivity index (χ1n) is 8.67. The molecule has 0 aliphatic carbocycles. The zero-order chi connectivity index (χ0) is 17.6. The largest absolute Gasteiger partial charge is 0.371 e. The highest BCUT2D eigenvalue weighted by Crippen LogP contribution is 2.29. The lowest BCUT2D eigenvalue weighted by Crippen LogP contribution is -2.39. The van der Waals surface area contributed by atoms with Gasteiger partial charge in [-0.05, 0) is 54.8 Å². The smallest absolute Gasteiger partial charge is 0.314 e. The number of halogens is 1. The number of rotatable bonds is 6. The number of amides is 2. The first kappa shape index (κ1) is 18.1. The molecule has 25 heavy (non-hydrogen) atoms. The minimum Gasteiger partial charge on any atom is -0.371 e. The Hall–Kier alpha value is -1.72. The number of carbonyl (C=O) groups is 1. The third kappa shape index (κ3) is 5.13. The van der Waals surface area contributed by atoms with Gasteiger partial charge in [-0.3, -0.25) is 0 Å². The van der Waals surface area contributed by atoms with Crippen molar-refractivity contribution >= 4 is 34.7 Å². The molecule has 1 fully saturated rings. The average molecular weight is 378 g/mol. The zero-order valence-electron chi connectivity index (χ0n) is 14.4. The summed E-state index contributed by atoms with van der Waals surface area (Å²) >= 11 is 7.85. The van der Waals surface area contributed by atoms with E-state index in [1.165, 1.54) is 16.1 Å². The van der Waals surface area contributed by atoms with Gasteiger partial charge in [0.05, 0.1) is 0 Å². The molecule has 134 valence electrons. The molecule has 6 heteroatoms. The second kappa shape index (κ2) is 8.59. The molecule has 1 aromatic heterocycles. The minimum absolute atomic E-state index is 0.0751. The quantitative estimate of drug-likeness (QED) is 0.796. The normalized spacial score (nSPS) is 16.9. The Morgan fingerprint density at radius 1 is 1.36 bits per heavy atom. The van der Waals surface area contributed by atoms with Crippen LogP contribution < -0.4 is 15.5 Å². The third-order valence-electron chi connectivity index (χ3n) is 4.59. The number of hydrogen-bond acceptors (Lipinski definition) is 3. The monoisotopic (exact) mass is 377 g/mol. The zero-order valence-corrected chi connectivity index (χ0v) is 16.0. The van der Waals surface area contributed by atoms with Gasteiger partial charge in [-0.1, -0.05) is 23.7 Å². The first-order valence-corrected chi connectivity index (χ1v) is 9.93. The molecule has 0 bridgehead atoms. The van der Waals surface area contributed by atoms with Crippen LogP contribution in [-0.4, -0.2) is 32.2 Å². The Bertz CT molecular complexity index is 705. The molecule has 1 aliphatic rings. The van der Waals surface area contributed by atoms with Crippen LogP contribution in [0.3, 0.4) is 0 Å². The number of thiophene rings is 1. The van der Waals surface area contributed by atoms with E-state index in [1.54, 1.807) is 11.3 Å². The lowest BCUT2D eigenvalue weighted by molar-refractivity contribution is 0.239. The topological polar surface area (TPSA) is 44.4 Å².